The number of fused-ring (bicyclic) bond motifs is 1. The lowest BCUT2D eigenvalue weighted by Gasteiger charge is -2.45. The van der Waals surface area contributed by atoms with Crippen molar-refractivity contribution in [1.29, 1.82) is 0 Å². The lowest BCUT2D eigenvalue weighted by Crippen LogP contribution is -2.55. The van der Waals surface area contributed by atoms with Crippen molar-refractivity contribution < 1.29 is 19.1 Å². The second kappa shape index (κ2) is 9.29. The Balaban J connectivity index is 1.95. The summed E-state index contributed by atoms with van der Waals surface area (Å²) >= 11 is 0. The number of methoxy groups -OCH3 is 1. The highest BCUT2D eigenvalue weighted by atomic mass is 16.5. The zero-order valence-corrected chi connectivity index (χ0v) is 15.6. The van der Waals surface area contributed by atoms with Crippen LogP contribution in [0.4, 0.5) is 4.79 Å². The van der Waals surface area contributed by atoms with Crippen LogP contribution in [0.1, 0.15) is 39.0 Å². The number of likely N-dealkylation sites (tertiary alicyclic amines) is 1. The molecule has 0 spiro atoms. The summed E-state index contributed by atoms with van der Waals surface area (Å²) in [6.45, 7) is 3.88. The van der Waals surface area contributed by atoms with E-state index in [1.807, 2.05) is 14.0 Å². The van der Waals surface area contributed by atoms with Crippen LogP contribution in [0.5, 0.6) is 0 Å². The van der Waals surface area contributed by atoms with Gasteiger partial charge in [-0.25, -0.2) is 4.79 Å². The lowest BCUT2D eigenvalue weighted by atomic mass is 9.74. The molecule has 1 saturated heterocycles. The van der Waals surface area contributed by atoms with Gasteiger partial charge in [-0.3, -0.25) is 14.5 Å². The first-order chi connectivity index (χ1) is 12.0. The van der Waals surface area contributed by atoms with Crippen LogP contribution in [0.15, 0.2) is 0 Å². The zero-order chi connectivity index (χ0) is 18.4. The van der Waals surface area contributed by atoms with E-state index in [9.17, 15) is 14.4 Å². The topological polar surface area (TPSA) is 79.0 Å². The molecule has 0 radical (unpaired) electrons. The Morgan fingerprint density at radius 1 is 1.40 bits per heavy atom. The van der Waals surface area contributed by atoms with E-state index >= 15 is 0 Å². The summed E-state index contributed by atoms with van der Waals surface area (Å²) in [4.78, 5) is 40.5. The van der Waals surface area contributed by atoms with Crippen LogP contribution >= 0.6 is 0 Å². The van der Waals surface area contributed by atoms with Gasteiger partial charge in [-0.05, 0) is 39.2 Å². The van der Waals surface area contributed by atoms with E-state index in [-0.39, 0.29) is 23.8 Å². The van der Waals surface area contributed by atoms with Crippen LogP contribution in [-0.2, 0) is 14.3 Å². The number of imide groups is 1. The number of ether oxygens (including phenoxy) is 1. The minimum atomic E-state index is -0.340. The molecule has 0 bridgehead atoms. The molecule has 0 aromatic carbocycles. The summed E-state index contributed by atoms with van der Waals surface area (Å²) in [6.07, 6.45) is 3.51. The maximum atomic E-state index is 12.9. The molecule has 25 heavy (non-hydrogen) atoms. The van der Waals surface area contributed by atoms with Gasteiger partial charge < -0.3 is 15.0 Å². The fourth-order valence-corrected chi connectivity index (χ4v) is 4.12. The van der Waals surface area contributed by atoms with Crippen molar-refractivity contribution in [2.75, 3.05) is 40.4 Å². The highest BCUT2D eigenvalue weighted by molar-refractivity contribution is 5.95. The van der Waals surface area contributed by atoms with Crippen molar-refractivity contribution in [3.05, 3.63) is 0 Å². The van der Waals surface area contributed by atoms with Gasteiger partial charge in [0.25, 0.3) is 0 Å². The van der Waals surface area contributed by atoms with Gasteiger partial charge in [-0.2, -0.15) is 0 Å². The van der Waals surface area contributed by atoms with Gasteiger partial charge in [-0.1, -0.05) is 0 Å². The van der Waals surface area contributed by atoms with Crippen molar-refractivity contribution in [3.8, 4) is 0 Å². The van der Waals surface area contributed by atoms with Crippen LogP contribution < -0.4 is 5.32 Å². The van der Waals surface area contributed by atoms with Gasteiger partial charge in [0.2, 0.25) is 5.91 Å². The first-order valence-corrected chi connectivity index (χ1v) is 9.28. The summed E-state index contributed by atoms with van der Waals surface area (Å²) in [5, 5.41) is 2.78. The summed E-state index contributed by atoms with van der Waals surface area (Å²) in [7, 11) is 3.64. The number of amides is 3. The molecule has 1 aliphatic heterocycles. The Morgan fingerprint density at radius 2 is 2.16 bits per heavy atom. The summed E-state index contributed by atoms with van der Waals surface area (Å²) < 4.78 is 4.96. The number of piperidine rings is 1. The maximum Gasteiger partial charge on any atom is 0.324 e. The molecule has 1 heterocycles. The van der Waals surface area contributed by atoms with E-state index in [1.165, 1.54) is 4.90 Å². The van der Waals surface area contributed by atoms with Gasteiger partial charge in [-0.15, -0.1) is 0 Å². The van der Waals surface area contributed by atoms with Gasteiger partial charge in [0.15, 0.2) is 0 Å². The van der Waals surface area contributed by atoms with Crippen molar-refractivity contribution in [1.82, 2.24) is 15.1 Å². The average molecular weight is 353 g/mol. The SMILES string of the molecule is CCN(C(=O)NCCCOC)C(=O)[C@@H]1C[C@@H]2CC(=O)CC[C@H]2N(C)C1. The fourth-order valence-electron chi connectivity index (χ4n) is 4.12. The monoisotopic (exact) mass is 353 g/mol. The maximum absolute atomic E-state index is 12.9. The van der Waals surface area contributed by atoms with Crippen LogP contribution in [-0.4, -0.2) is 74.0 Å². The molecule has 142 valence electrons. The first kappa shape index (κ1) is 19.8. The highest BCUT2D eigenvalue weighted by Crippen LogP contribution is 2.36. The van der Waals surface area contributed by atoms with E-state index < -0.39 is 0 Å². The standard InChI is InChI=1S/C18H31N3O4/c1-4-21(18(24)19-8-5-9-25-3)17(23)14-10-13-11-15(22)6-7-16(13)20(2)12-14/h13-14,16H,4-12H2,1-3H3,(H,19,24)/t13-,14-,16-/m1/s1. The van der Waals surface area contributed by atoms with Crippen molar-refractivity contribution >= 4 is 17.7 Å². The summed E-state index contributed by atoms with van der Waals surface area (Å²) in [5.74, 6) is 0.181. The van der Waals surface area contributed by atoms with Gasteiger partial charge >= 0.3 is 6.03 Å². The Kier molecular flexibility index (Phi) is 7.38. The predicted octanol–water partition coefficient (Wildman–Crippen LogP) is 1.27. The van der Waals surface area contributed by atoms with E-state index in [0.717, 1.165) is 6.42 Å². The van der Waals surface area contributed by atoms with Crippen molar-refractivity contribution in [3.63, 3.8) is 0 Å². The number of ketones is 1. The van der Waals surface area contributed by atoms with Gasteiger partial charge in [0.1, 0.15) is 5.78 Å². The number of carbonyl (C=O) groups is 3. The fraction of sp³-hybridized carbons (Fsp3) is 0.833. The minimum absolute atomic E-state index is 0.130. The molecule has 0 aromatic rings. The molecule has 0 unspecified atom stereocenters. The van der Waals surface area contributed by atoms with Crippen LogP contribution in [0.25, 0.3) is 0 Å². The number of hydrogen-bond donors (Lipinski definition) is 1. The van der Waals surface area contributed by atoms with Crippen LogP contribution in [0, 0.1) is 11.8 Å². The quantitative estimate of drug-likeness (QED) is 0.728. The molecular weight excluding hydrogens is 322 g/mol. The third kappa shape index (κ3) is 5.01. The Bertz CT molecular complexity index is 497. The molecule has 3 atom stereocenters. The highest BCUT2D eigenvalue weighted by Gasteiger charge is 2.41. The number of Topliss-reactive ketones (excluding diaryl/α,β-unsaturated/α-hetero) is 1. The molecule has 2 fully saturated rings. The number of nitrogens with zero attached hydrogens (tertiary/aromatic N) is 2. The zero-order valence-electron chi connectivity index (χ0n) is 15.6. The molecule has 7 heteroatoms. The number of rotatable bonds is 6. The molecule has 2 aliphatic rings. The molecule has 1 N–H and O–H groups in total. The lowest BCUT2D eigenvalue weighted by molar-refractivity contribution is -0.138. The van der Waals surface area contributed by atoms with Gasteiger partial charge in [0.05, 0.1) is 5.92 Å². The van der Waals surface area contributed by atoms with E-state index in [1.54, 1.807) is 7.11 Å². The molecule has 2 rings (SSSR count). The molecule has 3 amide bonds. The van der Waals surface area contributed by atoms with Crippen LogP contribution in [0.2, 0.25) is 0 Å². The molecule has 1 aliphatic carbocycles. The second-order valence-electron chi connectivity index (χ2n) is 7.14. The largest absolute Gasteiger partial charge is 0.385 e. The summed E-state index contributed by atoms with van der Waals surface area (Å²) in [6, 6.07) is 0.0489. The normalized spacial score (nSPS) is 26.8. The molecule has 1 saturated carbocycles. The Hall–Kier alpha value is -1.47. The molecule has 7 nitrogen and oxygen atoms in total. The third-order valence-electron chi connectivity index (χ3n) is 5.39. The number of urea groups is 1. The first-order valence-electron chi connectivity index (χ1n) is 9.28. The van der Waals surface area contributed by atoms with Gasteiger partial charge in [0, 0.05) is 52.2 Å². The van der Waals surface area contributed by atoms with Crippen molar-refractivity contribution in [2.45, 2.75) is 45.1 Å². The summed E-state index contributed by atoms with van der Waals surface area (Å²) in [5.41, 5.74) is 0. The van der Waals surface area contributed by atoms with E-state index in [0.29, 0.717) is 63.7 Å². The number of carbonyl (C=O) groups excluding carboxylic acids is 3. The Morgan fingerprint density at radius 3 is 2.84 bits per heavy atom. The van der Waals surface area contributed by atoms with E-state index in [2.05, 4.69) is 10.2 Å². The molecular formula is C18H31N3O4. The number of hydrogen-bond acceptors (Lipinski definition) is 5. The number of nitrogens with one attached hydrogen (secondary N) is 1. The van der Waals surface area contributed by atoms with Crippen LogP contribution in [0.3, 0.4) is 0 Å². The average Bonchev–Trinajstić information content (AvgIpc) is 2.58. The minimum Gasteiger partial charge on any atom is -0.385 e. The second-order valence-corrected chi connectivity index (χ2v) is 7.14. The van der Waals surface area contributed by atoms with Crippen molar-refractivity contribution in [2.24, 2.45) is 11.8 Å². The third-order valence-corrected chi connectivity index (χ3v) is 5.39. The predicted molar refractivity (Wildman–Crippen MR) is 94.2 cm³/mol. The smallest absolute Gasteiger partial charge is 0.324 e. The molecule has 0 aromatic heterocycles. The Labute approximate surface area is 150 Å². The van der Waals surface area contributed by atoms with E-state index in [4.69, 9.17) is 4.74 Å².